The van der Waals surface area contributed by atoms with Gasteiger partial charge in [0.1, 0.15) is 5.15 Å². The van der Waals surface area contributed by atoms with E-state index < -0.39 is 0 Å². The van der Waals surface area contributed by atoms with Gasteiger partial charge >= 0.3 is 0 Å². The van der Waals surface area contributed by atoms with E-state index in [0.29, 0.717) is 23.2 Å². The molecule has 0 aliphatic carbocycles. The summed E-state index contributed by atoms with van der Waals surface area (Å²) in [7, 11) is 0. The third kappa shape index (κ3) is 4.33. The van der Waals surface area contributed by atoms with Crippen molar-refractivity contribution >= 4 is 34.8 Å². The highest BCUT2D eigenvalue weighted by atomic mass is 35.5. The van der Waals surface area contributed by atoms with Crippen LogP contribution in [0.5, 0.6) is 0 Å². The third-order valence-corrected chi connectivity index (χ3v) is 4.05. The molecular weight excluding hydrogens is 297 g/mol. The number of carbonyl (C=O) groups excluding carboxylic acids is 1. The van der Waals surface area contributed by atoms with Crippen LogP contribution in [-0.2, 0) is 4.79 Å². The van der Waals surface area contributed by atoms with Crippen molar-refractivity contribution in [1.82, 2.24) is 10.3 Å². The summed E-state index contributed by atoms with van der Waals surface area (Å²) in [4.78, 5) is 15.9. The van der Waals surface area contributed by atoms with E-state index in [1.165, 1.54) is 12.8 Å². The maximum absolute atomic E-state index is 12.0. The van der Waals surface area contributed by atoms with E-state index in [-0.39, 0.29) is 11.1 Å². The van der Waals surface area contributed by atoms with Gasteiger partial charge < -0.3 is 10.6 Å². The van der Waals surface area contributed by atoms with Crippen LogP contribution < -0.4 is 10.6 Å². The van der Waals surface area contributed by atoms with Gasteiger partial charge in [0.25, 0.3) is 0 Å². The molecule has 1 atom stereocenters. The van der Waals surface area contributed by atoms with Crippen molar-refractivity contribution in [2.24, 2.45) is 5.92 Å². The van der Waals surface area contributed by atoms with Crippen LogP contribution in [0.2, 0.25) is 10.3 Å². The number of hydrogen-bond donors (Lipinski definition) is 2. The van der Waals surface area contributed by atoms with Crippen LogP contribution in [0.25, 0.3) is 0 Å². The smallest absolute Gasteiger partial charge is 0.224 e. The minimum Gasteiger partial charge on any atom is -0.323 e. The van der Waals surface area contributed by atoms with Crippen LogP contribution in [-0.4, -0.2) is 24.0 Å². The Balaban J connectivity index is 1.88. The van der Waals surface area contributed by atoms with Crippen LogP contribution in [0.3, 0.4) is 0 Å². The summed E-state index contributed by atoms with van der Waals surface area (Å²) in [5.41, 5.74) is 1.38. The molecule has 20 heavy (non-hydrogen) atoms. The quantitative estimate of drug-likeness (QED) is 0.837. The molecular formula is C14H19Cl2N3O. The van der Waals surface area contributed by atoms with Gasteiger partial charge in [-0.05, 0) is 56.8 Å². The highest BCUT2D eigenvalue weighted by Gasteiger charge is 2.16. The zero-order valence-electron chi connectivity index (χ0n) is 11.5. The molecule has 110 valence electrons. The zero-order valence-corrected chi connectivity index (χ0v) is 13.0. The second kappa shape index (κ2) is 7.25. The second-order valence-corrected chi connectivity index (χ2v) is 5.97. The van der Waals surface area contributed by atoms with Crippen LogP contribution >= 0.6 is 23.2 Å². The minimum atomic E-state index is -0.0234. The molecule has 1 aromatic rings. The summed E-state index contributed by atoms with van der Waals surface area (Å²) < 4.78 is 0. The first-order valence-corrected chi connectivity index (χ1v) is 7.65. The Labute approximate surface area is 129 Å². The van der Waals surface area contributed by atoms with Crippen molar-refractivity contribution in [3.63, 3.8) is 0 Å². The van der Waals surface area contributed by atoms with E-state index in [1.807, 2.05) is 6.92 Å². The number of hydrogen-bond acceptors (Lipinski definition) is 3. The fourth-order valence-electron chi connectivity index (χ4n) is 2.45. The highest BCUT2D eigenvalue weighted by Crippen LogP contribution is 2.27. The van der Waals surface area contributed by atoms with Gasteiger partial charge in [-0.1, -0.05) is 23.2 Å². The van der Waals surface area contributed by atoms with E-state index in [0.717, 1.165) is 25.1 Å². The first-order chi connectivity index (χ1) is 9.56. The topological polar surface area (TPSA) is 54.0 Å². The van der Waals surface area contributed by atoms with Gasteiger partial charge in [0.05, 0.1) is 5.69 Å². The predicted octanol–water partition coefficient (Wildman–Crippen LogP) is 3.42. The lowest BCUT2D eigenvalue weighted by atomic mass is 9.94. The summed E-state index contributed by atoms with van der Waals surface area (Å²) in [6.45, 7) is 3.95. The number of piperidine rings is 1. The van der Waals surface area contributed by atoms with Gasteiger partial charge in [0.2, 0.25) is 5.91 Å². The summed E-state index contributed by atoms with van der Waals surface area (Å²) in [5.74, 6) is 0.569. The standard InChI is InChI=1S/C14H19Cl2N3O/c1-9-7-11(15)18-14(16)13(9)19-12(20)5-4-10-3-2-6-17-8-10/h7,10,17H,2-6,8H2,1H3,(H,19,20). The zero-order chi connectivity index (χ0) is 14.5. The van der Waals surface area contributed by atoms with Crippen LogP contribution in [0.4, 0.5) is 5.69 Å². The number of aromatic nitrogens is 1. The third-order valence-electron chi connectivity index (χ3n) is 3.58. The molecule has 2 rings (SSSR count). The Morgan fingerprint density at radius 1 is 1.55 bits per heavy atom. The molecule has 1 amide bonds. The van der Waals surface area contributed by atoms with Gasteiger partial charge in [-0.2, -0.15) is 0 Å². The van der Waals surface area contributed by atoms with E-state index >= 15 is 0 Å². The van der Waals surface area contributed by atoms with Crippen molar-refractivity contribution in [3.8, 4) is 0 Å². The summed E-state index contributed by atoms with van der Waals surface area (Å²) >= 11 is 11.8. The van der Waals surface area contributed by atoms with E-state index in [2.05, 4.69) is 15.6 Å². The SMILES string of the molecule is Cc1cc(Cl)nc(Cl)c1NC(=O)CCC1CCCNC1. The van der Waals surface area contributed by atoms with Crippen molar-refractivity contribution in [1.29, 1.82) is 0 Å². The number of nitrogens with zero attached hydrogens (tertiary/aromatic N) is 1. The number of nitrogens with one attached hydrogen (secondary N) is 2. The average molecular weight is 316 g/mol. The van der Waals surface area contributed by atoms with Crippen LogP contribution in [0.1, 0.15) is 31.2 Å². The van der Waals surface area contributed by atoms with Crippen molar-refractivity contribution < 1.29 is 4.79 Å². The van der Waals surface area contributed by atoms with Gasteiger partial charge in [0, 0.05) is 6.42 Å². The second-order valence-electron chi connectivity index (χ2n) is 5.23. The lowest BCUT2D eigenvalue weighted by Crippen LogP contribution is -2.30. The number of aryl methyl sites for hydroxylation is 1. The molecule has 2 N–H and O–H groups in total. The lowest BCUT2D eigenvalue weighted by Gasteiger charge is -2.22. The van der Waals surface area contributed by atoms with Crippen LogP contribution in [0, 0.1) is 12.8 Å². The molecule has 1 fully saturated rings. The molecule has 0 radical (unpaired) electrons. The Kier molecular flexibility index (Phi) is 5.64. The van der Waals surface area contributed by atoms with Gasteiger partial charge in [0.15, 0.2) is 5.15 Å². The number of carbonyl (C=O) groups is 1. The molecule has 0 bridgehead atoms. The number of pyridine rings is 1. The Morgan fingerprint density at radius 2 is 2.35 bits per heavy atom. The summed E-state index contributed by atoms with van der Waals surface area (Å²) in [6, 6.07) is 1.69. The molecule has 0 aromatic carbocycles. The molecule has 6 heteroatoms. The molecule has 1 unspecified atom stereocenters. The fraction of sp³-hybridized carbons (Fsp3) is 0.571. The molecule has 1 aromatic heterocycles. The summed E-state index contributed by atoms with van der Waals surface area (Å²) in [5, 5.41) is 6.76. The first-order valence-electron chi connectivity index (χ1n) is 6.89. The molecule has 2 heterocycles. The van der Waals surface area contributed by atoms with Crippen molar-refractivity contribution in [3.05, 3.63) is 21.9 Å². The normalized spacial score (nSPS) is 18.9. The highest BCUT2D eigenvalue weighted by molar-refractivity contribution is 6.34. The molecule has 1 aliphatic heterocycles. The molecule has 1 aliphatic rings. The Hall–Kier alpha value is -0.840. The monoisotopic (exact) mass is 315 g/mol. The van der Waals surface area contributed by atoms with Gasteiger partial charge in [-0.3, -0.25) is 4.79 Å². The first kappa shape index (κ1) is 15.5. The van der Waals surface area contributed by atoms with Crippen molar-refractivity contribution in [2.75, 3.05) is 18.4 Å². The Bertz CT molecular complexity index is 464. The molecule has 0 saturated carbocycles. The molecule has 4 nitrogen and oxygen atoms in total. The molecule has 0 spiro atoms. The average Bonchev–Trinajstić information content (AvgIpc) is 2.42. The molecule has 1 saturated heterocycles. The number of halogens is 2. The summed E-state index contributed by atoms with van der Waals surface area (Å²) in [6.07, 6.45) is 3.79. The van der Waals surface area contributed by atoms with E-state index in [9.17, 15) is 4.79 Å². The number of amides is 1. The maximum atomic E-state index is 12.0. The Morgan fingerprint density at radius 3 is 3.00 bits per heavy atom. The predicted molar refractivity (Wildman–Crippen MR) is 82.5 cm³/mol. The van der Waals surface area contributed by atoms with Crippen LogP contribution in [0.15, 0.2) is 6.07 Å². The number of anilines is 1. The van der Waals surface area contributed by atoms with E-state index in [1.54, 1.807) is 6.07 Å². The minimum absolute atomic E-state index is 0.0234. The fourth-order valence-corrected chi connectivity index (χ4v) is 3.03. The lowest BCUT2D eigenvalue weighted by molar-refractivity contribution is -0.116. The van der Waals surface area contributed by atoms with Gasteiger partial charge in [-0.15, -0.1) is 0 Å². The number of rotatable bonds is 4. The van der Waals surface area contributed by atoms with Crippen molar-refractivity contribution in [2.45, 2.75) is 32.6 Å². The van der Waals surface area contributed by atoms with E-state index in [4.69, 9.17) is 23.2 Å². The maximum Gasteiger partial charge on any atom is 0.224 e. The largest absolute Gasteiger partial charge is 0.323 e. The van der Waals surface area contributed by atoms with Gasteiger partial charge in [-0.25, -0.2) is 4.98 Å².